The van der Waals surface area contributed by atoms with E-state index in [2.05, 4.69) is 5.32 Å². The Morgan fingerprint density at radius 1 is 0.962 bits per heavy atom. The van der Waals surface area contributed by atoms with E-state index in [0.29, 0.717) is 36.5 Å². The second kappa shape index (κ2) is 7.66. The number of carbonyl (C=O) groups excluding carboxylic acids is 2. The molecule has 1 heterocycles. The van der Waals surface area contributed by atoms with Crippen LogP contribution in [0.4, 0.5) is 0 Å². The molecule has 3 rings (SSSR count). The molecule has 7 heteroatoms. The molecule has 1 aliphatic rings. The monoisotopic (exact) mass is 374 g/mol. The van der Waals surface area contributed by atoms with E-state index in [1.54, 1.807) is 29.2 Å². The van der Waals surface area contributed by atoms with Crippen LogP contribution < -0.4 is 5.32 Å². The molecule has 0 aromatic heterocycles. The molecule has 0 aliphatic carbocycles. The van der Waals surface area contributed by atoms with Crippen molar-refractivity contribution in [2.24, 2.45) is 0 Å². The smallest absolute Gasteiger partial charge is 0.253 e. The number of amides is 2. The minimum Gasteiger partial charge on any atom is -0.508 e. The summed E-state index contributed by atoms with van der Waals surface area (Å²) in [5.41, 5.74) is 0.786. The summed E-state index contributed by atoms with van der Waals surface area (Å²) in [5, 5.41) is 22.4. The van der Waals surface area contributed by atoms with Crippen LogP contribution in [0.1, 0.15) is 33.6 Å². The number of aromatic hydroxyl groups is 2. The first kappa shape index (κ1) is 18.1. The van der Waals surface area contributed by atoms with Crippen molar-refractivity contribution in [1.29, 1.82) is 0 Å². The van der Waals surface area contributed by atoms with Gasteiger partial charge in [-0.15, -0.1) is 0 Å². The molecule has 2 aromatic carbocycles. The molecule has 1 saturated heterocycles. The zero-order valence-electron chi connectivity index (χ0n) is 14.0. The molecular weight excluding hydrogens is 356 g/mol. The van der Waals surface area contributed by atoms with Crippen LogP contribution in [0, 0.1) is 0 Å². The lowest BCUT2D eigenvalue weighted by Gasteiger charge is -2.32. The van der Waals surface area contributed by atoms with Gasteiger partial charge in [-0.25, -0.2) is 0 Å². The Morgan fingerprint density at radius 3 is 2.12 bits per heavy atom. The van der Waals surface area contributed by atoms with Crippen LogP contribution in [0.25, 0.3) is 0 Å². The Balaban J connectivity index is 1.55. The predicted molar refractivity (Wildman–Crippen MR) is 97.6 cm³/mol. The third-order valence-electron chi connectivity index (χ3n) is 4.37. The van der Waals surface area contributed by atoms with E-state index in [-0.39, 0.29) is 34.9 Å². The van der Waals surface area contributed by atoms with Crippen LogP contribution in [0.5, 0.6) is 11.5 Å². The molecule has 0 spiro atoms. The lowest BCUT2D eigenvalue weighted by molar-refractivity contribution is 0.0698. The van der Waals surface area contributed by atoms with Crippen molar-refractivity contribution in [2.45, 2.75) is 18.9 Å². The van der Waals surface area contributed by atoms with Gasteiger partial charge in [0.1, 0.15) is 11.5 Å². The zero-order valence-corrected chi connectivity index (χ0v) is 14.7. The number of piperidine rings is 1. The highest BCUT2D eigenvalue weighted by Gasteiger charge is 2.25. The van der Waals surface area contributed by atoms with E-state index in [4.69, 9.17) is 11.6 Å². The summed E-state index contributed by atoms with van der Waals surface area (Å²) in [6.45, 7) is 1.08. The highest BCUT2D eigenvalue weighted by molar-refractivity contribution is 6.30. The molecule has 0 atom stereocenters. The second-order valence-corrected chi connectivity index (χ2v) is 6.72. The van der Waals surface area contributed by atoms with Gasteiger partial charge < -0.3 is 20.4 Å². The third kappa shape index (κ3) is 4.26. The standard InChI is InChI=1S/C19H19ClN2O4/c20-14-3-1-12(2-4-14)19(26)22-7-5-15(6-8-22)21-18(25)13-9-16(23)11-17(24)10-13/h1-4,9-11,15,23-24H,5-8H2,(H,21,25). The molecule has 2 amide bonds. The van der Waals surface area contributed by atoms with Crippen LogP contribution in [0.15, 0.2) is 42.5 Å². The summed E-state index contributed by atoms with van der Waals surface area (Å²) in [5.74, 6) is -0.750. The largest absolute Gasteiger partial charge is 0.508 e. The van der Waals surface area contributed by atoms with E-state index in [1.807, 2.05) is 0 Å². The van der Waals surface area contributed by atoms with E-state index < -0.39 is 0 Å². The molecule has 0 saturated carbocycles. The van der Waals surface area contributed by atoms with Gasteiger partial charge in [0.15, 0.2) is 0 Å². The Labute approximate surface area is 156 Å². The Hall–Kier alpha value is -2.73. The molecule has 6 nitrogen and oxygen atoms in total. The van der Waals surface area contributed by atoms with Crippen LogP contribution in [-0.4, -0.2) is 46.1 Å². The lowest BCUT2D eigenvalue weighted by Crippen LogP contribution is -2.46. The number of carbonyl (C=O) groups is 2. The molecule has 0 bridgehead atoms. The number of phenols is 2. The Kier molecular flexibility index (Phi) is 5.32. The van der Waals surface area contributed by atoms with Crippen molar-refractivity contribution in [2.75, 3.05) is 13.1 Å². The summed E-state index contributed by atoms with van der Waals surface area (Å²) >= 11 is 5.84. The highest BCUT2D eigenvalue weighted by Crippen LogP contribution is 2.21. The van der Waals surface area contributed by atoms with Crippen molar-refractivity contribution < 1.29 is 19.8 Å². The molecular formula is C19H19ClN2O4. The van der Waals surface area contributed by atoms with E-state index >= 15 is 0 Å². The van der Waals surface area contributed by atoms with Gasteiger partial charge in [-0.05, 0) is 49.2 Å². The molecule has 2 aromatic rings. The van der Waals surface area contributed by atoms with Crippen LogP contribution in [0.2, 0.25) is 5.02 Å². The van der Waals surface area contributed by atoms with Crippen molar-refractivity contribution >= 4 is 23.4 Å². The zero-order chi connectivity index (χ0) is 18.7. The summed E-state index contributed by atoms with van der Waals surface area (Å²) in [6, 6.07) is 10.5. The fourth-order valence-electron chi connectivity index (χ4n) is 3.00. The molecule has 1 aliphatic heterocycles. The molecule has 26 heavy (non-hydrogen) atoms. The Morgan fingerprint density at radius 2 is 1.54 bits per heavy atom. The van der Waals surface area contributed by atoms with E-state index in [9.17, 15) is 19.8 Å². The molecule has 3 N–H and O–H groups in total. The first-order valence-electron chi connectivity index (χ1n) is 8.31. The van der Waals surface area contributed by atoms with Crippen LogP contribution in [0.3, 0.4) is 0 Å². The summed E-state index contributed by atoms with van der Waals surface area (Å²) in [7, 11) is 0. The van der Waals surface area contributed by atoms with Crippen LogP contribution in [-0.2, 0) is 0 Å². The second-order valence-electron chi connectivity index (χ2n) is 6.28. The fraction of sp³-hybridized carbons (Fsp3) is 0.263. The fourth-order valence-corrected chi connectivity index (χ4v) is 3.12. The molecule has 0 unspecified atom stereocenters. The molecule has 0 radical (unpaired) electrons. The lowest BCUT2D eigenvalue weighted by atomic mass is 10.0. The van der Waals surface area contributed by atoms with E-state index in [1.165, 1.54) is 12.1 Å². The third-order valence-corrected chi connectivity index (χ3v) is 4.63. The minimum atomic E-state index is -0.362. The first-order valence-corrected chi connectivity index (χ1v) is 8.69. The number of phenolic OH excluding ortho intramolecular Hbond substituents is 2. The molecule has 1 fully saturated rings. The number of hydrogen-bond donors (Lipinski definition) is 3. The average molecular weight is 375 g/mol. The number of rotatable bonds is 3. The minimum absolute atomic E-state index is 0.0515. The van der Waals surface area contributed by atoms with Gasteiger partial charge in [-0.1, -0.05) is 11.6 Å². The van der Waals surface area contributed by atoms with Crippen molar-refractivity contribution in [3.8, 4) is 11.5 Å². The predicted octanol–water partition coefficient (Wildman–Crippen LogP) is 2.79. The normalized spacial score (nSPS) is 14.9. The van der Waals surface area contributed by atoms with Gasteiger partial charge in [0, 0.05) is 41.3 Å². The summed E-state index contributed by atoms with van der Waals surface area (Å²) in [4.78, 5) is 26.5. The highest BCUT2D eigenvalue weighted by atomic mass is 35.5. The topological polar surface area (TPSA) is 89.9 Å². The van der Waals surface area contributed by atoms with Gasteiger partial charge in [-0.2, -0.15) is 0 Å². The quantitative estimate of drug-likeness (QED) is 0.770. The number of nitrogens with one attached hydrogen (secondary N) is 1. The Bertz CT molecular complexity index is 795. The number of nitrogens with zero attached hydrogens (tertiary/aromatic N) is 1. The number of likely N-dealkylation sites (tertiary alicyclic amines) is 1. The summed E-state index contributed by atoms with van der Waals surface area (Å²) < 4.78 is 0. The maximum absolute atomic E-state index is 12.5. The SMILES string of the molecule is O=C(NC1CCN(C(=O)c2ccc(Cl)cc2)CC1)c1cc(O)cc(O)c1. The van der Waals surface area contributed by atoms with Gasteiger partial charge in [0.25, 0.3) is 11.8 Å². The maximum Gasteiger partial charge on any atom is 0.253 e. The van der Waals surface area contributed by atoms with Crippen molar-refractivity contribution in [3.05, 3.63) is 58.6 Å². The van der Waals surface area contributed by atoms with Gasteiger partial charge >= 0.3 is 0 Å². The number of hydrogen-bond acceptors (Lipinski definition) is 4. The van der Waals surface area contributed by atoms with Crippen molar-refractivity contribution in [3.63, 3.8) is 0 Å². The molecule has 136 valence electrons. The van der Waals surface area contributed by atoms with Gasteiger partial charge in [0.05, 0.1) is 0 Å². The number of halogens is 1. The van der Waals surface area contributed by atoms with Crippen LogP contribution >= 0.6 is 11.6 Å². The number of benzene rings is 2. The van der Waals surface area contributed by atoms with Gasteiger partial charge in [0.2, 0.25) is 0 Å². The first-order chi connectivity index (χ1) is 12.4. The maximum atomic E-state index is 12.5. The average Bonchev–Trinajstić information content (AvgIpc) is 2.61. The summed E-state index contributed by atoms with van der Waals surface area (Å²) in [6.07, 6.45) is 1.27. The van der Waals surface area contributed by atoms with E-state index in [0.717, 1.165) is 6.07 Å². The van der Waals surface area contributed by atoms with Gasteiger partial charge in [-0.3, -0.25) is 9.59 Å². The van der Waals surface area contributed by atoms with Crippen molar-refractivity contribution in [1.82, 2.24) is 10.2 Å².